The lowest BCUT2D eigenvalue weighted by molar-refractivity contribution is 0.144. The Labute approximate surface area is 78.5 Å². The molecule has 0 radical (unpaired) electrons. The van der Waals surface area contributed by atoms with E-state index < -0.39 is 18.1 Å². The maximum Gasteiger partial charge on any atom is 0.280 e. The predicted octanol–water partition coefficient (Wildman–Crippen LogP) is 3.21. The summed E-state index contributed by atoms with van der Waals surface area (Å²) < 4.78 is 37.2. The summed E-state index contributed by atoms with van der Waals surface area (Å²) in [5, 5.41) is 0. The van der Waals surface area contributed by atoms with Crippen LogP contribution in [-0.4, -0.2) is 4.98 Å². The summed E-state index contributed by atoms with van der Waals surface area (Å²) in [6.07, 6.45) is -2.75. The quantitative estimate of drug-likeness (QED) is 0.538. The zero-order chi connectivity index (χ0) is 10.0. The summed E-state index contributed by atoms with van der Waals surface area (Å²) in [5.41, 5.74) is -0.123. The molecule has 13 heavy (non-hydrogen) atoms. The van der Waals surface area contributed by atoms with Crippen LogP contribution in [0, 0.1) is 12.9 Å². The van der Waals surface area contributed by atoms with Gasteiger partial charge in [0.25, 0.3) is 6.43 Å². The summed E-state index contributed by atoms with van der Waals surface area (Å²) in [6, 6.07) is 1.29. The third-order valence-electron chi connectivity index (χ3n) is 1.63. The van der Waals surface area contributed by atoms with Gasteiger partial charge < -0.3 is 0 Å². The van der Waals surface area contributed by atoms with E-state index >= 15 is 0 Å². The summed E-state index contributed by atoms with van der Waals surface area (Å²) in [5.74, 6) is -0.987. The average molecular weight is 210 g/mol. The molecule has 0 aliphatic heterocycles. The topological polar surface area (TPSA) is 12.9 Å². The van der Waals surface area contributed by atoms with E-state index in [1.165, 1.54) is 13.0 Å². The van der Waals surface area contributed by atoms with Gasteiger partial charge in [0.05, 0.1) is 5.88 Å². The van der Waals surface area contributed by atoms with Gasteiger partial charge in [-0.1, -0.05) is 0 Å². The maximum absolute atomic E-state index is 12.9. The Balaban J connectivity index is 3.20. The van der Waals surface area contributed by atoms with E-state index in [9.17, 15) is 13.2 Å². The van der Waals surface area contributed by atoms with Gasteiger partial charge in [0, 0.05) is 5.56 Å². The molecule has 0 spiro atoms. The Morgan fingerprint density at radius 3 is 2.62 bits per heavy atom. The van der Waals surface area contributed by atoms with Gasteiger partial charge in [-0.25, -0.2) is 13.8 Å². The average Bonchev–Trinajstić information content (AvgIpc) is 2.07. The zero-order valence-corrected chi connectivity index (χ0v) is 7.58. The molecule has 72 valence electrons. The van der Waals surface area contributed by atoms with Crippen LogP contribution in [0.2, 0.25) is 0 Å². The minimum atomic E-state index is -2.75. The molecule has 0 N–H and O–H groups in total. The van der Waals surface area contributed by atoms with E-state index in [0.29, 0.717) is 0 Å². The standard InChI is InChI=1S/C8H7ClF3N/c1-4-2-5(3-9)8(12)13-6(4)7(10)11/h2,7H,3H2,1H3. The lowest BCUT2D eigenvalue weighted by atomic mass is 10.1. The molecular formula is C8H7ClF3N. The first kappa shape index (κ1) is 10.3. The highest BCUT2D eigenvalue weighted by Crippen LogP contribution is 2.22. The molecule has 0 unspecified atom stereocenters. The van der Waals surface area contributed by atoms with Gasteiger partial charge in [-0.05, 0) is 18.6 Å². The van der Waals surface area contributed by atoms with Crippen molar-refractivity contribution in [1.29, 1.82) is 0 Å². The predicted molar refractivity (Wildman–Crippen MR) is 43.4 cm³/mol. The largest absolute Gasteiger partial charge is 0.280 e. The Kier molecular flexibility index (Phi) is 3.14. The van der Waals surface area contributed by atoms with Crippen LogP contribution < -0.4 is 0 Å². The number of halogens is 4. The van der Waals surface area contributed by atoms with Gasteiger partial charge in [-0.15, -0.1) is 11.6 Å². The van der Waals surface area contributed by atoms with Gasteiger partial charge in [0.1, 0.15) is 5.69 Å². The molecule has 0 aliphatic rings. The molecule has 0 fully saturated rings. The summed E-state index contributed by atoms with van der Waals surface area (Å²) in [7, 11) is 0. The maximum atomic E-state index is 12.9. The van der Waals surface area contributed by atoms with Crippen LogP contribution in [0.1, 0.15) is 23.2 Å². The smallest absolute Gasteiger partial charge is 0.218 e. The first-order valence-electron chi connectivity index (χ1n) is 3.56. The van der Waals surface area contributed by atoms with Gasteiger partial charge >= 0.3 is 0 Å². The van der Waals surface area contributed by atoms with E-state index in [1.807, 2.05) is 0 Å². The van der Waals surface area contributed by atoms with Crippen LogP contribution >= 0.6 is 11.6 Å². The first-order valence-corrected chi connectivity index (χ1v) is 4.09. The minimum Gasteiger partial charge on any atom is -0.218 e. The summed E-state index contributed by atoms with van der Waals surface area (Å²) in [6.45, 7) is 1.45. The Morgan fingerprint density at radius 1 is 1.54 bits per heavy atom. The van der Waals surface area contributed by atoms with Gasteiger partial charge in [-0.3, -0.25) is 0 Å². The zero-order valence-electron chi connectivity index (χ0n) is 6.82. The lowest BCUT2D eigenvalue weighted by Crippen LogP contribution is -2.01. The number of hydrogen-bond donors (Lipinski definition) is 0. The number of rotatable bonds is 2. The molecule has 0 amide bonds. The molecule has 0 bridgehead atoms. The molecule has 0 aliphatic carbocycles. The Morgan fingerprint density at radius 2 is 2.15 bits per heavy atom. The molecule has 1 aromatic heterocycles. The highest BCUT2D eigenvalue weighted by Gasteiger charge is 2.15. The fraction of sp³-hybridized carbons (Fsp3) is 0.375. The molecule has 0 saturated heterocycles. The van der Waals surface area contributed by atoms with Crippen molar-refractivity contribution in [3.05, 3.63) is 28.8 Å². The molecule has 0 atom stereocenters. The molecule has 1 heterocycles. The second kappa shape index (κ2) is 3.96. The molecule has 0 aromatic carbocycles. The summed E-state index contributed by atoms with van der Waals surface area (Å²) in [4.78, 5) is 3.14. The molecule has 0 saturated carbocycles. The number of alkyl halides is 3. The molecule has 5 heteroatoms. The second-order valence-corrected chi connectivity index (χ2v) is 2.84. The van der Waals surface area contributed by atoms with E-state index in [-0.39, 0.29) is 17.0 Å². The lowest BCUT2D eigenvalue weighted by Gasteiger charge is -2.05. The van der Waals surface area contributed by atoms with Crippen molar-refractivity contribution in [2.45, 2.75) is 19.2 Å². The highest BCUT2D eigenvalue weighted by molar-refractivity contribution is 6.17. The van der Waals surface area contributed by atoms with Crippen molar-refractivity contribution in [3.63, 3.8) is 0 Å². The van der Waals surface area contributed by atoms with Crippen molar-refractivity contribution < 1.29 is 13.2 Å². The number of aromatic nitrogens is 1. The van der Waals surface area contributed by atoms with E-state index in [1.54, 1.807) is 0 Å². The highest BCUT2D eigenvalue weighted by atomic mass is 35.5. The van der Waals surface area contributed by atoms with Crippen LogP contribution in [-0.2, 0) is 5.88 Å². The SMILES string of the molecule is Cc1cc(CCl)c(F)nc1C(F)F. The number of hydrogen-bond acceptors (Lipinski definition) is 1. The number of pyridine rings is 1. The van der Waals surface area contributed by atoms with E-state index in [4.69, 9.17) is 11.6 Å². The minimum absolute atomic E-state index is 0.0663. The molecule has 1 nitrogen and oxygen atoms in total. The Bertz CT molecular complexity index is 315. The van der Waals surface area contributed by atoms with Crippen molar-refractivity contribution in [1.82, 2.24) is 4.98 Å². The Hall–Kier alpha value is -0.770. The van der Waals surface area contributed by atoms with Crippen LogP contribution in [0.25, 0.3) is 0 Å². The molecular weight excluding hydrogens is 203 g/mol. The van der Waals surface area contributed by atoms with Crippen LogP contribution in [0.15, 0.2) is 6.07 Å². The van der Waals surface area contributed by atoms with Gasteiger partial charge in [0.2, 0.25) is 5.95 Å². The van der Waals surface area contributed by atoms with Crippen molar-refractivity contribution >= 4 is 11.6 Å². The molecule has 1 rings (SSSR count). The third kappa shape index (κ3) is 2.12. The number of nitrogens with zero attached hydrogens (tertiary/aromatic N) is 1. The monoisotopic (exact) mass is 209 g/mol. The van der Waals surface area contributed by atoms with Crippen molar-refractivity contribution in [2.24, 2.45) is 0 Å². The fourth-order valence-corrected chi connectivity index (χ4v) is 1.16. The van der Waals surface area contributed by atoms with Gasteiger partial charge in [-0.2, -0.15) is 4.39 Å². The fourth-order valence-electron chi connectivity index (χ4n) is 0.975. The van der Waals surface area contributed by atoms with Gasteiger partial charge in [0.15, 0.2) is 0 Å². The number of aryl methyl sites for hydroxylation is 1. The van der Waals surface area contributed by atoms with Crippen molar-refractivity contribution in [2.75, 3.05) is 0 Å². The second-order valence-electron chi connectivity index (χ2n) is 2.57. The van der Waals surface area contributed by atoms with E-state index in [0.717, 1.165) is 0 Å². The van der Waals surface area contributed by atoms with Crippen LogP contribution in [0.5, 0.6) is 0 Å². The normalized spacial score (nSPS) is 10.9. The van der Waals surface area contributed by atoms with Crippen LogP contribution in [0.3, 0.4) is 0 Å². The third-order valence-corrected chi connectivity index (χ3v) is 1.92. The van der Waals surface area contributed by atoms with Crippen LogP contribution in [0.4, 0.5) is 13.2 Å². The van der Waals surface area contributed by atoms with E-state index in [2.05, 4.69) is 4.98 Å². The first-order chi connectivity index (χ1) is 6.06. The summed E-state index contributed by atoms with van der Waals surface area (Å²) >= 11 is 5.37. The molecule has 1 aromatic rings. The van der Waals surface area contributed by atoms with Crippen molar-refractivity contribution in [3.8, 4) is 0 Å².